The number of hydrogen-bond acceptors (Lipinski definition) is 3. The number of rotatable bonds is 4. The molecule has 0 bridgehead atoms. The molecule has 17 heavy (non-hydrogen) atoms. The molecule has 1 amide bonds. The highest BCUT2D eigenvalue weighted by molar-refractivity contribution is 6.35. The van der Waals surface area contributed by atoms with Crippen LogP contribution in [0.1, 0.15) is 30.6 Å². The lowest BCUT2D eigenvalue weighted by Gasteiger charge is -2.27. The van der Waals surface area contributed by atoms with Gasteiger partial charge in [-0.25, -0.2) is 4.98 Å². The van der Waals surface area contributed by atoms with Crippen molar-refractivity contribution in [3.63, 3.8) is 0 Å². The summed E-state index contributed by atoms with van der Waals surface area (Å²) in [5.41, 5.74) is -0.421. The number of pyridine rings is 1. The van der Waals surface area contributed by atoms with Crippen LogP contribution in [-0.4, -0.2) is 28.1 Å². The fraction of sp³-hybridized carbons (Fsp3) is 0.455. The van der Waals surface area contributed by atoms with Gasteiger partial charge in [0.2, 0.25) is 0 Å². The molecule has 1 heterocycles. The van der Waals surface area contributed by atoms with E-state index in [0.29, 0.717) is 6.42 Å². The minimum atomic E-state index is -0.670. The van der Waals surface area contributed by atoms with Gasteiger partial charge in [0.1, 0.15) is 5.15 Å². The van der Waals surface area contributed by atoms with Crippen LogP contribution < -0.4 is 5.32 Å². The molecule has 4 nitrogen and oxygen atoms in total. The lowest BCUT2D eigenvalue weighted by molar-refractivity contribution is 0.0847. The monoisotopic (exact) mass is 276 g/mol. The zero-order valence-corrected chi connectivity index (χ0v) is 11.1. The zero-order chi connectivity index (χ0) is 13.1. The van der Waals surface area contributed by atoms with Gasteiger partial charge >= 0.3 is 0 Å². The molecule has 0 aromatic carbocycles. The van der Waals surface area contributed by atoms with E-state index in [1.54, 1.807) is 6.92 Å². The molecule has 1 atom stereocenters. The van der Waals surface area contributed by atoms with Crippen LogP contribution in [0.4, 0.5) is 0 Å². The fourth-order valence-electron chi connectivity index (χ4n) is 1.17. The first kappa shape index (κ1) is 14.2. The van der Waals surface area contributed by atoms with Crippen LogP contribution in [0.2, 0.25) is 10.2 Å². The van der Waals surface area contributed by atoms with Crippen molar-refractivity contribution in [3.05, 3.63) is 28.0 Å². The van der Waals surface area contributed by atoms with Crippen molar-refractivity contribution in [3.8, 4) is 0 Å². The third kappa shape index (κ3) is 3.56. The Bertz CT molecular complexity index is 420. The van der Waals surface area contributed by atoms with Crippen molar-refractivity contribution < 1.29 is 9.90 Å². The number of halogens is 2. The molecule has 1 aromatic rings. The average Bonchev–Trinajstić information content (AvgIpc) is 2.32. The maximum atomic E-state index is 12.0. The van der Waals surface area contributed by atoms with Gasteiger partial charge in [-0.05, 0) is 19.4 Å². The number of aliphatic hydroxyl groups is 1. The predicted molar refractivity (Wildman–Crippen MR) is 67.5 cm³/mol. The lowest BCUT2D eigenvalue weighted by atomic mass is 10.00. The number of carbonyl (C=O) groups is 1. The number of carbonyl (C=O) groups excluding carboxylic acids is 1. The quantitative estimate of drug-likeness (QED) is 0.830. The molecule has 0 aliphatic heterocycles. The maximum Gasteiger partial charge on any atom is 0.253 e. The SMILES string of the molecule is CCC(C)(CO)NC(=O)c1cc(Cl)ncc1Cl. The van der Waals surface area contributed by atoms with E-state index in [1.807, 2.05) is 6.92 Å². The number of hydrogen-bond donors (Lipinski definition) is 2. The molecule has 94 valence electrons. The first-order valence-corrected chi connectivity index (χ1v) is 5.92. The zero-order valence-electron chi connectivity index (χ0n) is 9.63. The molecule has 2 N–H and O–H groups in total. The molecule has 1 unspecified atom stereocenters. The number of aromatic nitrogens is 1. The smallest absolute Gasteiger partial charge is 0.253 e. The number of nitrogens with zero attached hydrogens (tertiary/aromatic N) is 1. The van der Waals surface area contributed by atoms with E-state index in [0.717, 1.165) is 0 Å². The number of nitrogens with one attached hydrogen (secondary N) is 1. The van der Waals surface area contributed by atoms with Crippen LogP contribution >= 0.6 is 23.2 Å². The van der Waals surface area contributed by atoms with Crippen LogP contribution in [0.5, 0.6) is 0 Å². The molecule has 0 aliphatic rings. The van der Waals surface area contributed by atoms with Crippen LogP contribution in [0.3, 0.4) is 0 Å². The highest BCUT2D eigenvalue weighted by Crippen LogP contribution is 2.19. The highest BCUT2D eigenvalue weighted by atomic mass is 35.5. The number of aliphatic hydroxyl groups excluding tert-OH is 1. The molecule has 6 heteroatoms. The minimum Gasteiger partial charge on any atom is -0.394 e. The van der Waals surface area contributed by atoms with Crippen molar-refractivity contribution in [2.45, 2.75) is 25.8 Å². The Morgan fingerprint density at radius 1 is 1.59 bits per heavy atom. The molecule has 0 radical (unpaired) electrons. The van der Waals surface area contributed by atoms with Gasteiger partial charge in [0.05, 0.1) is 22.7 Å². The minimum absolute atomic E-state index is 0.147. The Kier molecular flexibility index (Phi) is 4.74. The van der Waals surface area contributed by atoms with Crippen LogP contribution in [0, 0.1) is 0 Å². The molecule has 0 fully saturated rings. The summed E-state index contributed by atoms with van der Waals surface area (Å²) in [6.45, 7) is 3.48. The third-order valence-corrected chi connectivity index (χ3v) is 3.12. The van der Waals surface area contributed by atoms with Gasteiger partial charge in [-0.15, -0.1) is 0 Å². The van der Waals surface area contributed by atoms with E-state index >= 15 is 0 Å². The standard InChI is InChI=1S/C11H14Cl2N2O2/c1-3-11(2,6-16)15-10(17)7-4-9(13)14-5-8(7)12/h4-5,16H,3,6H2,1-2H3,(H,15,17). The summed E-state index contributed by atoms with van der Waals surface area (Å²) in [5, 5.41) is 12.4. The average molecular weight is 277 g/mol. The first-order valence-electron chi connectivity index (χ1n) is 5.16. The van der Waals surface area contributed by atoms with E-state index in [1.165, 1.54) is 12.3 Å². The molecule has 1 aromatic heterocycles. The molecule has 0 saturated carbocycles. The summed E-state index contributed by atoms with van der Waals surface area (Å²) in [6, 6.07) is 1.40. The maximum absolute atomic E-state index is 12.0. The van der Waals surface area contributed by atoms with Gasteiger partial charge < -0.3 is 10.4 Å². The molecule has 0 spiro atoms. The highest BCUT2D eigenvalue weighted by Gasteiger charge is 2.25. The Labute approximate surface area is 110 Å². The van der Waals surface area contributed by atoms with E-state index in [4.69, 9.17) is 23.2 Å². The van der Waals surface area contributed by atoms with Gasteiger partial charge in [-0.2, -0.15) is 0 Å². The summed E-state index contributed by atoms with van der Waals surface area (Å²) in [7, 11) is 0. The first-order chi connectivity index (χ1) is 7.91. The van der Waals surface area contributed by atoms with Crippen molar-refractivity contribution in [2.24, 2.45) is 0 Å². The molecular weight excluding hydrogens is 263 g/mol. The lowest BCUT2D eigenvalue weighted by Crippen LogP contribution is -2.48. The molecule has 0 saturated heterocycles. The van der Waals surface area contributed by atoms with Gasteiger partial charge in [-0.1, -0.05) is 30.1 Å². The normalized spacial score (nSPS) is 14.2. The van der Waals surface area contributed by atoms with Gasteiger partial charge in [0, 0.05) is 6.20 Å². The van der Waals surface area contributed by atoms with Crippen molar-refractivity contribution in [1.82, 2.24) is 10.3 Å². The van der Waals surface area contributed by atoms with Crippen LogP contribution in [-0.2, 0) is 0 Å². The van der Waals surface area contributed by atoms with E-state index in [9.17, 15) is 9.90 Å². The topological polar surface area (TPSA) is 62.2 Å². The Morgan fingerprint density at radius 2 is 2.24 bits per heavy atom. The van der Waals surface area contributed by atoms with Crippen molar-refractivity contribution in [1.29, 1.82) is 0 Å². The van der Waals surface area contributed by atoms with Crippen LogP contribution in [0.15, 0.2) is 12.3 Å². The van der Waals surface area contributed by atoms with E-state index in [2.05, 4.69) is 10.3 Å². The van der Waals surface area contributed by atoms with Gasteiger partial charge in [0.25, 0.3) is 5.91 Å². The van der Waals surface area contributed by atoms with Crippen molar-refractivity contribution >= 4 is 29.1 Å². The molecule has 0 aliphatic carbocycles. The summed E-state index contributed by atoms with van der Waals surface area (Å²) in [6.07, 6.45) is 1.92. The van der Waals surface area contributed by atoms with Crippen LogP contribution in [0.25, 0.3) is 0 Å². The summed E-state index contributed by atoms with van der Waals surface area (Å²) in [5.74, 6) is -0.377. The summed E-state index contributed by atoms with van der Waals surface area (Å²) >= 11 is 11.6. The summed E-state index contributed by atoms with van der Waals surface area (Å²) in [4.78, 5) is 15.7. The predicted octanol–water partition coefficient (Wildman–Crippen LogP) is 2.28. The Hall–Kier alpha value is -0.840. The van der Waals surface area contributed by atoms with E-state index < -0.39 is 5.54 Å². The molecule has 1 rings (SSSR count). The van der Waals surface area contributed by atoms with Crippen molar-refractivity contribution in [2.75, 3.05) is 6.61 Å². The largest absolute Gasteiger partial charge is 0.394 e. The van der Waals surface area contributed by atoms with Gasteiger partial charge in [0.15, 0.2) is 0 Å². The Balaban J connectivity index is 2.94. The van der Waals surface area contributed by atoms with E-state index in [-0.39, 0.29) is 28.3 Å². The second-order valence-electron chi connectivity index (χ2n) is 4.01. The summed E-state index contributed by atoms with van der Waals surface area (Å²) < 4.78 is 0. The second kappa shape index (κ2) is 5.67. The number of amides is 1. The molecular formula is C11H14Cl2N2O2. The third-order valence-electron chi connectivity index (χ3n) is 2.61. The van der Waals surface area contributed by atoms with Gasteiger partial charge in [-0.3, -0.25) is 4.79 Å². The fourth-order valence-corrected chi connectivity index (χ4v) is 1.52. The Morgan fingerprint density at radius 3 is 2.76 bits per heavy atom. The second-order valence-corrected chi connectivity index (χ2v) is 4.81.